The Bertz CT molecular complexity index is 430. The summed E-state index contributed by atoms with van der Waals surface area (Å²) in [6.07, 6.45) is 1.16. The molecular formula is C15H22BrClN2O. The summed E-state index contributed by atoms with van der Waals surface area (Å²) in [4.78, 5) is 2.46. The van der Waals surface area contributed by atoms with Crippen LogP contribution in [-0.4, -0.2) is 43.8 Å². The number of ether oxygens (including phenoxy) is 1. The van der Waals surface area contributed by atoms with Crippen molar-refractivity contribution >= 4 is 27.5 Å². The van der Waals surface area contributed by atoms with Crippen molar-refractivity contribution in [2.75, 3.05) is 32.8 Å². The van der Waals surface area contributed by atoms with E-state index in [9.17, 15) is 0 Å². The Hall–Kier alpha value is -0.130. The van der Waals surface area contributed by atoms with E-state index in [0.29, 0.717) is 6.04 Å². The second-order valence-electron chi connectivity index (χ2n) is 5.14. The van der Waals surface area contributed by atoms with Crippen LogP contribution in [0.2, 0.25) is 5.02 Å². The summed E-state index contributed by atoms with van der Waals surface area (Å²) in [7, 11) is 0. The predicted octanol–water partition coefficient (Wildman–Crippen LogP) is 3.30. The molecule has 1 aliphatic heterocycles. The van der Waals surface area contributed by atoms with Crippen molar-refractivity contribution in [3.05, 3.63) is 33.3 Å². The Morgan fingerprint density at radius 1 is 1.50 bits per heavy atom. The first-order chi connectivity index (χ1) is 9.70. The lowest BCUT2D eigenvalue weighted by Gasteiger charge is -2.36. The van der Waals surface area contributed by atoms with E-state index in [-0.39, 0.29) is 0 Å². The normalized spacial score (nSPS) is 20.2. The largest absolute Gasteiger partial charge is 0.378 e. The highest BCUT2D eigenvalue weighted by Crippen LogP contribution is 2.23. The van der Waals surface area contributed by atoms with E-state index < -0.39 is 0 Å². The van der Waals surface area contributed by atoms with E-state index in [1.165, 1.54) is 5.56 Å². The van der Waals surface area contributed by atoms with Crippen LogP contribution in [0.3, 0.4) is 0 Å². The maximum absolute atomic E-state index is 6.32. The van der Waals surface area contributed by atoms with Gasteiger partial charge in [0.2, 0.25) is 0 Å². The zero-order valence-electron chi connectivity index (χ0n) is 11.9. The standard InChI is InChI=1S/C15H22BrClN2O/c1-2-5-18-9-14-11-20-7-6-19(14)10-12-3-4-13(16)8-15(12)17/h3-4,8,14,18H,2,5-7,9-11H2,1H3. The van der Waals surface area contributed by atoms with Crippen molar-refractivity contribution in [3.8, 4) is 0 Å². The Balaban J connectivity index is 1.97. The van der Waals surface area contributed by atoms with Crippen molar-refractivity contribution in [2.45, 2.75) is 25.9 Å². The SMILES string of the molecule is CCCNCC1COCCN1Cc1ccc(Br)cc1Cl. The van der Waals surface area contributed by atoms with Gasteiger partial charge in [-0.15, -0.1) is 0 Å². The first-order valence-electron chi connectivity index (χ1n) is 7.17. The van der Waals surface area contributed by atoms with Crippen LogP contribution in [0, 0.1) is 0 Å². The maximum Gasteiger partial charge on any atom is 0.0635 e. The van der Waals surface area contributed by atoms with Crippen molar-refractivity contribution < 1.29 is 4.74 Å². The van der Waals surface area contributed by atoms with E-state index in [1.54, 1.807) is 0 Å². The second kappa shape index (κ2) is 8.35. The highest BCUT2D eigenvalue weighted by atomic mass is 79.9. The van der Waals surface area contributed by atoms with Gasteiger partial charge in [-0.3, -0.25) is 4.90 Å². The van der Waals surface area contributed by atoms with Crippen molar-refractivity contribution in [3.63, 3.8) is 0 Å². The molecule has 5 heteroatoms. The van der Waals surface area contributed by atoms with Crippen molar-refractivity contribution in [2.24, 2.45) is 0 Å². The van der Waals surface area contributed by atoms with Crippen LogP contribution in [0.5, 0.6) is 0 Å². The molecule has 1 atom stereocenters. The number of benzene rings is 1. The minimum Gasteiger partial charge on any atom is -0.378 e. The lowest BCUT2D eigenvalue weighted by Crippen LogP contribution is -2.49. The van der Waals surface area contributed by atoms with Gasteiger partial charge in [-0.2, -0.15) is 0 Å². The van der Waals surface area contributed by atoms with Crippen LogP contribution >= 0.6 is 27.5 Å². The topological polar surface area (TPSA) is 24.5 Å². The molecule has 1 heterocycles. The molecule has 0 amide bonds. The monoisotopic (exact) mass is 360 g/mol. The minimum absolute atomic E-state index is 0.426. The lowest BCUT2D eigenvalue weighted by atomic mass is 10.1. The summed E-state index contributed by atoms with van der Waals surface area (Å²) in [5.41, 5.74) is 1.18. The quantitative estimate of drug-likeness (QED) is 0.787. The van der Waals surface area contributed by atoms with E-state index in [0.717, 1.165) is 55.3 Å². The maximum atomic E-state index is 6.32. The fourth-order valence-corrected chi connectivity index (χ4v) is 3.13. The van der Waals surface area contributed by atoms with Gasteiger partial charge in [0.05, 0.1) is 13.2 Å². The van der Waals surface area contributed by atoms with Gasteiger partial charge < -0.3 is 10.1 Å². The van der Waals surface area contributed by atoms with Crippen LogP contribution in [-0.2, 0) is 11.3 Å². The number of hydrogen-bond donors (Lipinski definition) is 1. The van der Waals surface area contributed by atoms with E-state index in [2.05, 4.69) is 39.1 Å². The fraction of sp³-hybridized carbons (Fsp3) is 0.600. The summed E-state index contributed by atoms with van der Waals surface area (Å²) in [6, 6.07) is 6.53. The molecule has 1 unspecified atom stereocenters. The molecule has 112 valence electrons. The summed E-state index contributed by atoms with van der Waals surface area (Å²) >= 11 is 9.77. The molecule has 1 aromatic rings. The first kappa shape index (κ1) is 16.2. The number of morpholine rings is 1. The highest BCUT2D eigenvalue weighted by molar-refractivity contribution is 9.10. The van der Waals surface area contributed by atoms with Crippen molar-refractivity contribution in [1.82, 2.24) is 10.2 Å². The Kier molecular flexibility index (Phi) is 6.78. The number of halogens is 2. The van der Waals surface area contributed by atoms with Gasteiger partial charge in [-0.25, -0.2) is 0 Å². The Morgan fingerprint density at radius 3 is 3.10 bits per heavy atom. The molecule has 1 saturated heterocycles. The predicted molar refractivity (Wildman–Crippen MR) is 87.3 cm³/mol. The van der Waals surface area contributed by atoms with Gasteiger partial charge in [0, 0.05) is 35.2 Å². The average molecular weight is 362 g/mol. The van der Waals surface area contributed by atoms with Gasteiger partial charge in [0.25, 0.3) is 0 Å². The Labute approximate surface area is 134 Å². The number of nitrogens with one attached hydrogen (secondary N) is 1. The van der Waals surface area contributed by atoms with Gasteiger partial charge >= 0.3 is 0 Å². The molecule has 3 nitrogen and oxygen atoms in total. The van der Waals surface area contributed by atoms with Crippen LogP contribution in [0.25, 0.3) is 0 Å². The molecule has 1 fully saturated rings. The smallest absolute Gasteiger partial charge is 0.0635 e. The van der Waals surface area contributed by atoms with Gasteiger partial charge in [0.15, 0.2) is 0 Å². The van der Waals surface area contributed by atoms with Gasteiger partial charge in [0.1, 0.15) is 0 Å². The molecule has 2 rings (SSSR count). The molecule has 0 spiro atoms. The molecule has 1 N–H and O–H groups in total. The summed E-state index contributed by atoms with van der Waals surface area (Å²) in [5.74, 6) is 0. The summed E-state index contributed by atoms with van der Waals surface area (Å²) in [6.45, 7) is 7.66. The molecular weight excluding hydrogens is 340 g/mol. The number of rotatable bonds is 6. The third-order valence-corrected chi connectivity index (χ3v) is 4.39. The van der Waals surface area contributed by atoms with Crippen LogP contribution < -0.4 is 5.32 Å². The second-order valence-corrected chi connectivity index (χ2v) is 6.46. The highest BCUT2D eigenvalue weighted by Gasteiger charge is 2.23. The molecule has 1 aliphatic rings. The van der Waals surface area contributed by atoms with Crippen LogP contribution in [0.1, 0.15) is 18.9 Å². The van der Waals surface area contributed by atoms with Gasteiger partial charge in [-0.1, -0.05) is 40.5 Å². The minimum atomic E-state index is 0.426. The summed E-state index contributed by atoms with van der Waals surface area (Å²) < 4.78 is 6.63. The molecule has 0 aromatic heterocycles. The molecule has 0 bridgehead atoms. The Morgan fingerprint density at radius 2 is 2.35 bits per heavy atom. The molecule has 1 aromatic carbocycles. The van der Waals surface area contributed by atoms with Crippen LogP contribution in [0.15, 0.2) is 22.7 Å². The molecule has 0 radical (unpaired) electrons. The average Bonchev–Trinajstić information content (AvgIpc) is 2.44. The summed E-state index contributed by atoms with van der Waals surface area (Å²) in [5, 5.41) is 4.31. The fourth-order valence-electron chi connectivity index (χ4n) is 2.40. The van der Waals surface area contributed by atoms with E-state index in [4.69, 9.17) is 16.3 Å². The van der Waals surface area contributed by atoms with Crippen LogP contribution in [0.4, 0.5) is 0 Å². The zero-order chi connectivity index (χ0) is 14.4. The first-order valence-corrected chi connectivity index (χ1v) is 8.34. The third kappa shape index (κ3) is 4.71. The molecule has 0 aliphatic carbocycles. The molecule has 20 heavy (non-hydrogen) atoms. The zero-order valence-corrected chi connectivity index (χ0v) is 14.2. The third-order valence-electron chi connectivity index (χ3n) is 3.54. The van der Waals surface area contributed by atoms with Crippen molar-refractivity contribution in [1.29, 1.82) is 0 Å². The lowest BCUT2D eigenvalue weighted by molar-refractivity contribution is -0.0108. The molecule has 0 saturated carbocycles. The van der Waals surface area contributed by atoms with Gasteiger partial charge in [-0.05, 0) is 30.7 Å². The number of hydrogen-bond acceptors (Lipinski definition) is 3. The van der Waals surface area contributed by atoms with E-state index >= 15 is 0 Å². The van der Waals surface area contributed by atoms with E-state index in [1.807, 2.05) is 12.1 Å². The number of nitrogens with zero attached hydrogens (tertiary/aromatic N) is 1.